The zero-order chi connectivity index (χ0) is 10.8. The third-order valence-corrected chi connectivity index (χ3v) is 2.53. The van der Waals surface area contributed by atoms with E-state index >= 15 is 0 Å². The predicted octanol–water partition coefficient (Wildman–Crippen LogP) is 0.891. The molecule has 1 aliphatic rings. The average molecular weight is 208 g/mol. The van der Waals surface area contributed by atoms with Gasteiger partial charge >= 0.3 is 5.69 Å². The van der Waals surface area contributed by atoms with Gasteiger partial charge in [-0.1, -0.05) is 0 Å². The summed E-state index contributed by atoms with van der Waals surface area (Å²) in [4.78, 5) is 14.0. The van der Waals surface area contributed by atoms with E-state index in [4.69, 9.17) is 5.73 Å². The molecule has 2 rings (SSSR count). The Kier molecular flexibility index (Phi) is 2.51. The Morgan fingerprint density at radius 1 is 1.60 bits per heavy atom. The molecule has 3 N–H and O–H groups in total. The molecule has 6 heteroatoms. The molecule has 1 aliphatic carbocycles. The summed E-state index contributed by atoms with van der Waals surface area (Å²) in [5.74, 6) is 0. The van der Waals surface area contributed by atoms with Crippen LogP contribution in [0.25, 0.3) is 0 Å². The first kappa shape index (κ1) is 9.85. The van der Waals surface area contributed by atoms with Crippen molar-refractivity contribution in [1.82, 2.24) is 4.98 Å². The Hall–Kier alpha value is -1.69. The number of nitrogens with one attached hydrogen (secondary N) is 1. The fraction of sp³-hybridized carbons (Fsp3) is 0.444. The van der Waals surface area contributed by atoms with E-state index in [9.17, 15) is 10.1 Å². The van der Waals surface area contributed by atoms with Crippen molar-refractivity contribution in [2.24, 2.45) is 5.73 Å². The molecule has 1 aromatic rings. The molecule has 6 nitrogen and oxygen atoms in total. The van der Waals surface area contributed by atoms with Crippen LogP contribution >= 0.6 is 0 Å². The van der Waals surface area contributed by atoms with Crippen LogP contribution in [0.4, 0.5) is 11.4 Å². The molecular weight excluding hydrogens is 196 g/mol. The number of nitro groups is 1. The van der Waals surface area contributed by atoms with Crippen LogP contribution in [0.5, 0.6) is 0 Å². The highest BCUT2D eigenvalue weighted by Gasteiger charge is 2.27. The molecule has 0 aromatic carbocycles. The van der Waals surface area contributed by atoms with Crippen LogP contribution in [0.1, 0.15) is 12.8 Å². The molecule has 80 valence electrons. The van der Waals surface area contributed by atoms with Gasteiger partial charge in [-0.25, -0.2) is 0 Å². The van der Waals surface area contributed by atoms with E-state index < -0.39 is 4.92 Å². The summed E-state index contributed by atoms with van der Waals surface area (Å²) >= 11 is 0. The maximum absolute atomic E-state index is 10.7. The lowest BCUT2D eigenvalue weighted by Crippen LogP contribution is -2.44. The molecule has 1 saturated carbocycles. The molecule has 1 fully saturated rings. The van der Waals surface area contributed by atoms with Gasteiger partial charge in [0.2, 0.25) is 0 Å². The van der Waals surface area contributed by atoms with Crippen molar-refractivity contribution >= 4 is 11.4 Å². The minimum atomic E-state index is -0.437. The molecule has 0 bridgehead atoms. The van der Waals surface area contributed by atoms with Crippen molar-refractivity contribution in [3.8, 4) is 0 Å². The molecule has 0 amide bonds. The Balaban J connectivity index is 2.10. The molecular formula is C9H12N4O2. The van der Waals surface area contributed by atoms with Gasteiger partial charge in [0, 0.05) is 18.3 Å². The highest BCUT2D eigenvalue weighted by Crippen LogP contribution is 2.27. The SMILES string of the molecule is NC1CC(Nc2ccncc2[N+](=O)[O-])C1. The number of pyridine rings is 1. The van der Waals surface area contributed by atoms with E-state index in [-0.39, 0.29) is 17.8 Å². The van der Waals surface area contributed by atoms with Crippen molar-refractivity contribution in [3.05, 3.63) is 28.6 Å². The van der Waals surface area contributed by atoms with Crippen LogP contribution in [0.2, 0.25) is 0 Å². The Labute approximate surface area is 86.6 Å². The first-order valence-corrected chi connectivity index (χ1v) is 4.77. The van der Waals surface area contributed by atoms with Gasteiger partial charge in [-0.15, -0.1) is 0 Å². The van der Waals surface area contributed by atoms with Crippen LogP contribution in [-0.4, -0.2) is 22.0 Å². The standard InChI is InChI=1S/C9H12N4O2/c10-6-3-7(4-6)12-8-1-2-11-5-9(8)13(14)15/h1-2,5-7H,3-4,10H2,(H,11,12). The van der Waals surface area contributed by atoms with Crippen molar-refractivity contribution < 1.29 is 4.92 Å². The second-order valence-corrected chi connectivity index (χ2v) is 3.72. The van der Waals surface area contributed by atoms with Crippen LogP contribution in [-0.2, 0) is 0 Å². The second-order valence-electron chi connectivity index (χ2n) is 3.72. The molecule has 0 spiro atoms. The minimum Gasteiger partial charge on any atom is -0.377 e. The number of rotatable bonds is 3. The van der Waals surface area contributed by atoms with E-state index in [0.717, 1.165) is 12.8 Å². The van der Waals surface area contributed by atoms with E-state index in [0.29, 0.717) is 5.69 Å². The van der Waals surface area contributed by atoms with Gasteiger partial charge < -0.3 is 11.1 Å². The third-order valence-electron chi connectivity index (χ3n) is 2.53. The van der Waals surface area contributed by atoms with Crippen LogP contribution < -0.4 is 11.1 Å². The summed E-state index contributed by atoms with van der Waals surface area (Å²) in [5.41, 5.74) is 6.17. The van der Waals surface area contributed by atoms with E-state index in [1.54, 1.807) is 6.07 Å². The smallest absolute Gasteiger partial charge is 0.310 e. The monoisotopic (exact) mass is 208 g/mol. The lowest BCUT2D eigenvalue weighted by Gasteiger charge is -2.33. The lowest BCUT2D eigenvalue weighted by molar-refractivity contribution is -0.384. The Bertz CT molecular complexity index is 376. The molecule has 0 saturated heterocycles. The minimum absolute atomic E-state index is 0.0120. The summed E-state index contributed by atoms with van der Waals surface area (Å²) < 4.78 is 0. The normalized spacial score (nSPS) is 24.3. The van der Waals surface area contributed by atoms with Crippen LogP contribution in [0.3, 0.4) is 0 Å². The molecule has 0 aliphatic heterocycles. The zero-order valence-electron chi connectivity index (χ0n) is 8.09. The van der Waals surface area contributed by atoms with Crippen molar-refractivity contribution in [3.63, 3.8) is 0 Å². The largest absolute Gasteiger partial charge is 0.377 e. The zero-order valence-corrected chi connectivity index (χ0v) is 8.09. The second kappa shape index (κ2) is 3.82. The summed E-state index contributed by atoms with van der Waals surface area (Å²) in [6.45, 7) is 0. The molecule has 0 radical (unpaired) electrons. The van der Waals surface area contributed by atoms with Gasteiger partial charge in [0.25, 0.3) is 0 Å². The number of nitrogens with two attached hydrogens (primary N) is 1. The van der Waals surface area contributed by atoms with E-state index in [1.165, 1.54) is 12.4 Å². The fourth-order valence-electron chi connectivity index (χ4n) is 1.65. The first-order valence-electron chi connectivity index (χ1n) is 4.77. The van der Waals surface area contributed by atoms with Gasteiger partial charge in [0.05, 0.1) is 4.92 Å². The van der Waals surface area contributed by atoms with Gasteiger partial charge in [0.15, 0.2) is 0 Å². The predicted molar refractivity (Wildman–Crippen MR) is 55.5 cm³/mol. The quantitative estimate of drug-likeness (QED) is 0.568. The van der Waals surface area contributed by atoms with Gasteiger partial charge in [-0.2, -0.15) is 0 Å². The fourth-order valence-corrected chi connectivity index (χ4v) is 1.65. The molecule has 1 heterocycles. The van der Waals surface area contributed by atoms with Crippen LogP contribution in [0.15, 0.2) is 18.5 Å². The topological polar surface area (TPSA) is 94.1 Å². The number of nitrogens with zero attached hydrogens (tertiary/aromatic N) is 2. The van der Waals surface area contributed by atoms with Gasteiger partial charge in [-0.05, 0) is 18.9 Å². The van der Waals surface area contributed by atoms with Crippen LogP contribution in [0, 0.1) is 10.1 Å². The molecule has 1 aromatic heterocycles. The number of hydrogen-bond acceptors (Lipinski definition) is 5. The van der Waals surface area contributed by atoms with Crippen molar-refractivity contribution in [1.29, 1.82) is 0 Å². The maximum Gasteiger partial charge on any atom is 0.310 e. The lowest BCUT2D eigenvalue weighted by atomic mass is 9.87. The molecule has 0 unspecified atom stereocenters. The van der Waals surface area contributed by atoms with E-state index in [1.807, 2.05) is 0 Å². The number of aromatic nitrogens is 1. The highest BCUT2D eigenvalue weighted by atomic mass is 16.6. The van der Waals surface area contributed by atoms with Gasteiger partial charge in [0.1, 0.15) is 11.9 Å². The summed E-state index contributed by atoms with van der Waals surface area (Å²) in [5, 5.41) is 13.8. The average Bonchev–Trinajstić information content (AvgIpc) is 2.16. The molecule has 15 heavy (non-hydrogen) atoms. The third kappa shape index (κ3) is 2.04. The highest BCUT2D eigenvalue weighted by molar-refractivity contribution is 5.60. The van der Waals surface area contributed by atoms with Gasteiger partial charge in [-0.3, -0.25) is 15.1 Å². The first-order chi connectivity index (χ1) is 7.16. The maximum atomic E-state index is 10.7. The van der Waals surface area contributed by atoms with E-state index in [2.05, 4.69) is 10.3 Å². The molecule has 0 atom stereocenters. The van der Waals surface area contributed by atoms with Crippen molar-refractivity contribution in [2.45, 2.75) is 24.9 Å². The summed E-state index contributed by atoms with van der Waals surface area (Å²) in [7, 11) is 0. The number of anilines is 1. The summed E-state index contributed by atoms with van der Waals surface area (Å²) in [6.07, 6.45) is 4.51. The Morgan fingerprint density at radius 2 is 2.33 bits per heavy atom. The number of hydrogen-bond donors (Lipinski definition) is 2. The summed E-state index contributed by atoms with van der Waals surface area (Å²) in [6, 6.07) is 2.09. The Morgan fingerprint density at radius 3 is 2.93 bits per heavy atom. The van der Waals surface area contributed by atoms with Crippen molar-refractivity contribution in [2.75, 3.05) is 5.32 Å².